The van der Waals surface area contributed by atoms with E-state index in [-0.39, 0.29) is 5.78 Å². The molecule has 0 saturated carbocycles. The van der Waals surface area contributed by atoms with Crippen LogP contribution in [-0.2, 0) is 0 Å². The van der Waals surface area contributed by atoms with Gasteiger partial charge in [-0.05, 0) is 36.4 Å². The summed E-state index contributed by atoms with van der Waals surface area (Å²) in [4.78, 5) is 12.4. The van der Waals surface area contributed by atoms with E-state index >= 15 is 0 Å². The van der Waals surface area contributed by atoms with Gasteiger partial charge in [-0.25, -0.2) is 0 Å². The van der Waals surface area contributed by atoms with E-state index in [4.69, 9.17) is 18.9 Å². The predicted octanol–water partition coefficient (Wildman–Crippen LogP) is 3.37. The van der Waals surface area contributed by atoms with Crippen LogP contribution in [0, 0.1) is 0 Å². The Hall–Kier alpha value is -2.95. The van der Waals surface area contributed by atoms with Gasteiger partial charge in [0.2, 0.25) is 0 Å². The zero-order valence-corrected chi connectivity index (χ0v) is 13.6. The third-order valence-electron chi connectivity index (χ3n) is 3.67. The molecule has 0 amide bonds. The van der Waals surface area contributed by atoms with Gasteiger partial charge in [0.15, 0.2) is 28.8 Å². The number of para-hydroxylation sites is 1. The summed E-state index contributed by atoms with van der Waals surface area (Å²) >= 11 is 0. The lowest BCUT2D eigenvalue weighted by Crippen LogP contribution is -2.15. The van der Waals surface area contributed by atoms with Crippen molar-refractivity contribution < 1.29 is 23.7 Å². The fraction of sp³-hybridized carbons (Fsp3) is 0.211. The highest BCUT2D eigenvalue weighted by Crippen LogP contribution is 2.32. The Balaban J connectivity index is 1.83. The second-order valence-corrected chi connectivity index (χ2v) is 5.14. The summed E-state index contributed by atoms with van der Waals surface area (Å²) in [5.41, 5.74) is 1.31. The third-order valence-corrected chi connectivity index (χ3v) is 3.67. The Kier molecular flexibility index (Phi) is 4.70. The molecular formula is C19H18O5. The number of allylic oxidation sites excluding steroid dienone is 1. The zero-order chi connectivity index (χ0) is 16.9. The summed E-state index contributed by atoms with van der Waals surface area (Å²) in [5.74, 6) is 2.34. The smallest absolute Gasteiger partial charge is 0.185 e. The van der Waals surface area contributed by atoms with Crippen molar-refractivity contribution in [1.29, 1.82) is 0 Å². The molecule has 2 aromatic carbocycles. The minimum Gasteiger partial charge on any atom is -0.493 e. The number of benzene rings is 2. The van der Waals surface area contributed by atoms with Crippen LogP contribution in [0.4, 0.5) is 0 Å². The largest absolute Gasteiger partial charge is 0.493 e. The molecule has 1 heterocycles. The highest BCUT2D eigenvalue weighted by atomic mass is 16.6. The van der Waals surface area contributed by atoms with Crippen LogP contribution in [0.15, 0.2) is 42.5 Å². The van der Waals surface area contributed by atoms with E-state index in [2.05, 4.69) is 0 Å². The predicted molar refractivity (Wildman–Crippen MR) is 90.3 cm³/mol. The van der Waals surface area contributed by atoms with E-state index in [0.29, 0.717) is 41.8 Å². The summed E-state index contributed by atoms with van der Waals surface area (Å²) in [5, 5.41) is 0. The summed E-state index contributed by atoms with van der Waals surface area (Å²) in [7, 11) is 3.14. The van der Waals surface area contributed by atoms with E-state index in [1.165, 1.54) is 6.08 Å². The fourth-order valence-electron chi connectivity index (χ4n) is 2.50. The molecule has 0 unspecified atom stereocenters. The average molecular weight is 326 g/mol. The molecule has 1 aliphatic heterocycles. The van der Waals surface area contributed by atoms with E-state index in [9.17, 15) is 4.79 Å². The molecule has 124 valence electrons. The highest BCUT2D eigenvalue weighted by molar-refractivity contribution is 6.07. The molecule has 3 rings (SSSR count). The van der Waals surface area contributed by atoms with E-state index in [1.807, 2.05) is 12.1 Å². The number of carbonyl (C=O) groups is 1. The van der Waals surface area contributed by atoms with Gasteiger partial charge in [0.05, 0.1) is 14.2 Å². The van der Waals surface area contributed by atoms with E-state index in [1.54, 1.807) is 44.6 Å². The van der Waals surface area contributed by atoms with Crippen molar-refractivity contribution in [3.05, 3.63) is 53.6 Å². The monoisotopic (exact) mass is 326 g/mol. The van der Waals surface area contributed by atoms with E-state index < -0.39 is 0 Å². The van der Waals surface area contributed by atoms with Gasteiger partial charge in [0.1, 0.15) is 13.2 Å². The number of ether oxygens (including phenoxy) is 4. The Bertz CT molecular complexity index is 779. The standard InChI is InChI=1S/C19H18O5/c1-21-17-5-3-4-13(19(17)22-2)6-8-15(20)14-7-9-16-18(12-14)24-11-10-23-16/h3-9,12H,10-11H2,1-2H3/b8-6+. The molecule has 0 bridgehead atoms. The molecule has 2 aromatic rings. The van der Waals surface area contributed by atoms with Gasteiger partial charge < -0.3 is 18.9 Å². The number of hydrogen-bond acceptors (Lipinski definition) is 5. The number of methoxy groups -OCH3 is 2. The fourth-order valence-corrected chi connectivity index (χ4v) is 2.50. The van der Waals surface area contributed by atoms with Gasteiger partial charge in [-0.15, -0.1) is 0 Å². The first-order valence-corrected chi connectivity index (χ1v) is 7.56. The van der Waals surface area contributed by atoms with Crippen molar-refractivity contribution in [2.75, 3.05) is 27.4 Å². The molecule has 0 aromatic heterocycles. The lowest BCUT2D eigenvalue weighted by Gasteiger charge is -2.18. The van der Waals surface area contributed by atoms with Gasteiger partial charge in [0.25, 0.3) is 0 Å². The molecule has 0 aliphatic carbocycles. The minimum absolute atomic E-state index is 0.128. The van der Waals surface area contributed by atoms with Gasteiger partial charge in [-0.3, -0.25) is 4.79 Å². The van der Waals surface area contributed by atoms with Crippen LogP contribution in [0.5, 0.6) is 23.0 Å². The lowest BCUT2D eigenvalue weighted by atomic mass is 10.1. The van der Waals surface area contributed by atoms with Gasteiger partial charge >= 0.3 is 0 Å². The molecule has 0 fully saturated rings. The number of ketones is 1. The van der Waals surface area contributed by atoms with Crippen molar-refractivity contribution in [1.82, 2.24) is 0 Å². The third kappa shape index (κ3) is 3.20. The van der Waals surface area contributed by atoms with Crippen molar-refractivity contribution in [2.45, 2.75) is 0 Å². The Morgan fingerprint density at radius 3 is 2.58 bits per heavy atom. The van der Waals surface area contributed by atoms with Gasteiger partial charge in [0, 0.05) is 11.1 Å². The SMILES string of the molecule is COc1cccc(/C=C/C(=O)c2ccc3c(c2)OCCO3)c1OC. The Morgan fingerprint density at radius 1 is 1.04 bits per heavy atom. The van der Waals surface area contributed by atoms with Crippen LogP contribution in [0.25, 0.3) is 6.08 Å². The first-order chi connectivity index (χ1) is 11.7. The maximum absolute atomic E-state index is 12.4. The second kappa shape index (κ2) is 7.08. The van der Waals surface area contributed by atoms with Crippen LogP contribution >= 0.6 is 0 Å². The molecule has 1 aliphatic rings. The van der Waals surface area contributed by atoms with Gasteiger partial charge in [-0.1, -0.05) is 12.1 Å². The average Bonchev–Trinajstić information content (AvgIpc) is 2.65. The van der Waals surface area contributed by atoms with Crippen LogP contribution in [0.3, 0.4) is 0 Å². The molecule has 0 saturated heterocycles. The first kappa shape index (κ1) is 15.9. The molecule has 0 N–H and O–H groups in total. The molecule has 24 heavy (non-hydrogen) atoms. The minimum atomic E-state index is -0.128. The summed E-state index contributed by atoms with van der Waals surface area (Å²) in [6.45, 7) is 1.01. The molecular weight excluding hydrogens is 308 g/mol. The number of rotatable bonds is 5. The van der Waals surface area contributed by atoms with Crippen LogP contribution in [-0.4, -0.2) is 33.2 Å². The highest BCUT2D eigenvalue weighted by Gasteiger charge is 2.14. The molecule has 0 spiro atoms. The normalized spacial score (nSPS) is 12.9. The maximum atomic E-state index is 12.4. The molecule has 0 atom stereocenters. The van der Waals surface area contributed by atoms with Crippen molar-refractivity contribution in [3.63, 3.8) is 0 Å². The van der Waals surface area contributed by atoms with Crippen LogP contribution in [0.2, 0.25) is 0 Å². The Labute approximate surface area is 140 Å². The van der Waals surface area contributed by atoms with Crippen molar-refractivity contribution in [2.24, 2.45) is 0 Å². The lowest BCUT2D eigenvalue weighted by molar-refractivity contribution is 0.104. The van der Waals surface area contributed by atoms with Crippen molar-refractivity contribution >= 4 is 11.9 Å². The Morgan fingerprint density at radius 2 is 1.83 bits per heavy atom. The second-order valence-electron chi connectivity index (χ2n) is 5.14. The first-order valence-electron chi connectivity index (χ1n) is 7.56. The summed E-state index contributed by atoms with van der Waals surface area (Å²) < 4.78 is 21.6. The molecule has 5 heteroatoms. The number of carbonyl (C=O) groups excluding carboxylic acids is 1. The van der Waals surface area contributed by atoms with Gasteiger partial charge in [-0.2, -0.15) is 0 Å². The summed E-state index contributed by atoms with van der Waals surface area (Å²) in [6.07, 6.45) is 3.21. The van der Waals surface area contributed by atoms with E-state index in [0.717, 1.165) is 5.56 Å². The zero-order valence-electron chi connectivity index (χ0n) is 13.6. The number of hydrogen-bond donors (Lipinski definition) is 0. The van der Waals surface area contributed by atoms with Crippen LogP contribution in [0.1, 0.15) is 15.9 Å². The number of fused-ring (bicyclic) bond motifs is 1. The quantitative estimate of drug-likeness (QED) is 0.623. The van der Waals surface area contributed by atoms with Crippen LogP contribution < -0.4 is 18.9 Å². The van der Waals surface area contributed by atoms with Crippen molar-refractivity contribution in [3.8, 4) is 23.0 Å². The molecule has 5 nitrogen and oxygen atoms in total. The topological polar surface area (TPSA) is 54.0 Å². The maximum Gasteiger partial charge on any atom is 0.185 e. The molecule has 0 radical (unpaired) electrons. The summed E-state index contributed by atoms with van der Waals surface area (Å²) in [6, 6.07) is 10.7.